The van der Waals surface area contributed by atoms with Gasteiger partial charge in [0, 0.05) is 49.3 Å². The summed E-state index contributed by atoms with van der Waals surface area (Å²) < 4.78 is 6.35. The predicted molar refractivity (Wildman–Crippen MR) is 178 cm³/mol. The van der Waals surface area contributed by atoms with Crippen molar-refractivity contribution < 1.29 is 4.42 Å². The first kappa shape index (κ1) is 24.5. The summed E-state index contributed by atoms with van der Waals surface area (Å²) in [7, 11) is 0. The number of furan rings is 1. The monoisotopic (exact) mass is 564 g/mol. The van der Waals surface area contributed by atoms with Gasteiger partial charge in [0.15, 0.2) is 0 Å². The molecule has 0 atom stereocenters. The van der Waals surface area contributed by atoms with E-state index in [1.165, 1.54) is 5.39 Å². The van der Waals surface area contributed by atoms with Gasteiger partial charge in [0.25, 0.3) is 0 Å². The molecule has 0 fully saturated rings. The summed E-state index contributed by atoms with van der Waals surface area (Å²) in [6.45, 7) is 0. The fourth-order valence-electron chi connectivity index (χ4n) is 6.57. The van der Waals surface area contributed by atoms with Gasteiger partial charge in [0.05, 0.1) is 5.52 Å². The molecule has 5 heteroatoms. The number of hydrogen-bond donors (Lipinski definition) is 1. The SMILES string of the molecule is c1ccc(-c2nnnc(-c3ccc4c([nH]c5ccccc54)c3-c3cccc4oc5ccccc5c34)c2-c2ccccc2)cc1. The smallest absolute Gasteiger partial charge is 0.136 e. The molecule has 0 amide bonds. The van der Waals surface area contributed by atoms with Crippen LogP contribution in [0.2, 0.25) is 0 Å². The maximum absolute atomic E-state index is 6.35. The maximum atomic E-state index is 6.35. The van der Waals surface area contributed by atoms with Gasteiger partial charge in [-0.05, 0) is 34.5 Å². The number of nitrogens with zero attached hydrogens (tertiary/aromatic N) is 3. The van der Waals surface area contributed by atoms with Crippen molar-refractivity contribution in [2.75, 3.05) is 0 Å². The number of aromatic nitrogens is 4. The highest BCUT2D eigenvalue weighted by Gasteiger charge is 2.25. The number of hydrogen-bond acceptors (Lipinski definition) is 4. The minimum absolute atomic E-state index is 0.769. The third-order valence-corrected chi connectivity index (χ3v) is 8.48. The lowest BCUT2D eigenvalue weighted by atomic mass is 9.88. The number of para-hydroxylation sites is 2. The van der Waals surface area contributed by atoms with Crippen LogP contribution in [0.15, 0.2) is 144 Å². The summed E-state index contributed by atoms with van der Waals surface area (Å²) in [5.41, 5.74) is 11.4. The molecule has 3 aromatic heterocycles. The molecule has 0 aliphatic carbocycles. The van der Waals surface area contributed by atoms with Crippen LogP contribution in [0.5, 0.6) is 0 Å². The molecule has 0 unspecified atom stereocenters. The van der Waals surface area contributed by atoms with E-state index in [0.29, 0.717) is 0 Å². The summed E-state index contributed by atoms with van der Waals surface area (Å²) in [5, 5.41) is 18.2. The molecule has 0 bridgehead atoms. The number of fused-ring (bicyclic) bond motifs is 6. The van der Waals surface area contributed by atoms with Crippen LogP contribution in [-0.4, -0.2) is 20.4 Å². The molecule has 9 rings (SSSR count). The van der Waals surface area contributed by atoms with Gasteiger partial charge in [0.1, 0.15) is 22.6 Å². The summed E-state index contributed by atoms with van der Waals surface area (Å²) in [5.74, 6) is 0. The molecule has 0 saturated carbocycles. The Morgan fingerprint density at radius 3 is 1.98 bits per heavy atom. The van der Waals surface area contributed by atoms with Crippen molar-refractivity contribution >= 4 is 43.7 Å². The molecule has 9 aromatic rings. The Labute approximate surface area is 252 Å². The van der Waals surface area contributed by atoms with Crippen LogP contribution in [0, 0.1) is 0 Å². The van der Waals surface area contributed by atoms with Gasteiger partial charge in [-0.1, -0.05) is 121 Å². The predicted octanol–water partition coefficient (Wildman–Crippen LogP) is 10.1. The third kappa shape index (κ3) is 3.69. The average molecular weight is 565 g/mol. The second kappa shape index (κ2) is 9.75. The van der Waals surface area contributed by atoms with Gasteiger partial charge < -0.3 is 9.40 Å². The number of aromatic amines is 1. The molecule has 206 valence electrons. The topological polar surface area (TPSA) is 67.6 Å². The summed E-state index contributed by atoms with van der Waals surface area (Å²) in [6.07, 6.45) is 0. The van der Waals surface area contributed by atoms with E-state index in [1.54, 1.807) is 0 Å². The number of H-pyrrole nitrogens is 1. The first-order valence-corrected chi connectivity index (χ1v) is 14.6. The molecular weight excluding hydrogens is 540 g/mol. The Hall–Kier alpha value is -6.07. The van der Waals surface area contributed by atoms with E-state index in [2.05, 4.69) is 112 Å². The van der Waals surface area contributed by atoms with Crippen molar-refractivity contribution in [1.82, 2.24) is 20.4 Å². The fourth-order valence-corrected chi connectivity index (χ4v) is 6.57. The largest absolute Gasteiger partial charge is 0.456 e. The van der Waals surface area contributed by atoms with Crippen LogP contribution in [0.25, 0.3) is 88.5 Å². The van der Waals surface area contributed by atoms with E-state index in [9.17, 15) is 0 Å². The highest BCUT2D eigenvalue weighted by Crippen LogP contribution is 2.47. The van der Waals surface area contributed by atoms with Gasteiger partial charge in [-0.25, -0.2) is 0 Å². The Morgan fingerprint density at radius 2 is 1.14 bits per heavy atom. The standard InChI is InChI=1S/C39H24N4O/c1-3-12-24(13-4-1)34-37(25-14-5-2-6-15-25)41-43-42-39(34)30-23-22-27-26-16-7-9-19-31(26)40-38(27)36(30)29-18-11-21-33-35(29)28-17-8-10-20-32(28)44-33/h1-23,40H. The lowest BCUT2D eigenvalue weighted by Gasteiger charge is -2.17. The van der Waals surface area contributed by atoms with E-state index in [0.717, 1.165) is 83.1 Å². The molecule has 6 aromatic carbocycles. The first-order valence-electron chi connectivity index (χ1n) is 14.6. The Bertz CT molecular complexity index is 2490. The summed E-state index contributed by atoms with van der Waals surface area (Å²) in [4.78, 5) is 3.77. The van der Waals surface area contributed by atoms with Crippen molar-refractivity contribution in [3.05, 3.63) is 140 Å². The maximum Gasteiger partial charge on any atom is 0.136 e. The second-order valence-electron chi connectivity index (χ2n) is 11.0. The van der Waals surface area contributed by atoms with Crippen LogP contribution in [0.4, 0.5) is 0 Å². The Morgan fingerprint density at radius 1 is 0.455 bits per heavy atom. The van der Waals surface area contributed by atoms with Crippen LogP contribution in [-0.2, 0) is 0 Å². The van der Waals surface area contributed by atoms with E-state index in [4.69, 9.17) is 9.52 Å². The van der Waals surface area contributed by atoms with Gasteiger partial charge >= 0.3 is 0 Å². The lowest BCUT2D eigenvalue weighted by Crippen LogP contribution is -2.01. The molecule has 0 aliphatic rings. The molecule has 1 N–H and O–H groups in total. The van der Waals surface area contributed by atoms with Crippen molar-refractivity contribution in [2.24, 2.45) is 0 Å². The molecule has 0 radical (unpaired) electrons. The summed E-state index contributed by atoms with van der Waals surface area (Å²) >= 11 is 0. The third-order valence-electron chi connectivity index (χ3n) is 8.48. The Balaban J connectivity index is 1.45. The van der Waals surface area contributed by atoms with Gasteiger partial charge in [-0.2, -0.15) is 0 Å². The summed E-state index contributed by atoms with van der Waals surface area (Å²) in [6, 6.07) is 47.9. The molecule has 44 heavy (non-hydrogen) atoms. The van der Waals surface area contributed by atoms with E-state index in [1.807, 2.05) is 42.5 Å². The van der Waals surface area contributed by atoms with E-state index in [-0.39, 0.29) is 0 Å². The number of benzene rings is 6. The zero-order chi connectivity index (χ0) is 29.0. The van der Waals surface area contributed by atoms with Crippen molar-refractivity contribution in [3.63, 3.8) is 0 Å². The Kier molecular flexibility index (Phi) is 5.43. The molecule has 5 nitrogen and oxygen atoms in total. The van der Waals surface area contributed by atoms with Gasteiger partial charge in [-0.15, -0.1) is 10.2 Å². The minimum atomic E-state index is 0.769. The quantitative estimate of drug-likeness (QED) is 0.231. The highest BCUT2D eigenvalue weighted by atomic mass is 16.3. The highest BCUT2D eigenvalue weighted by molar-refractivity contribution is 6.21. The number of nitrogens with one attached hydrogen (secondary N) is 1. The van der Waals surface area contributed by atoms with Crippen molar-refractivity contribution in [3.8, 4) is 44.8 Å². The fraction of sp³-hybridized carbons (Fsp3) is 0. The lowest BCUT2D eigenvalue weighted by molar-refractivity contribution is 0.669. The molecule has 0 spiro atoms. The van der Waals surface area contributed by atoms with E-state index < -0.39 is 0 Å². The zero-order valence-corrected chi connectivity index (χ0v) is 23.5. The molecule has 0 aliphatic heterocycles. The van der Waals surface area contributed by atoms with Crippen molar-refractivity contribution in [1.29, 1.82) is 0 Å². The zero-order valence-electron chi connectivity index (χ0n) is 23.5. The van der Waals surface area contributed by atoms with Crippen LogP contribution >= 0.6 is 0 Å². The molecule has 0 saturated heterocycles. The second-order valence-corrected chi connectivity index (χ2v) is 11.0. The van der Waals surface area contributed by atoms with Gasteiger partial charge in [-0.3, -0.25) is 0 Å². The first-order chi connectivity index (χ1) is 21.8. The molecule has 3 heterocycles. The average Bonchev–Trinajstić information content (AvgIpc) is 3.67. The van der Waals surface area contributed by atoms with Gasteiger partial charge in [0.2, 0.25) is 0 Å². The molecular formula is C39H24N4O. The number of rotatable bonds is 4. The minimum Gasteiger partial charge on any atom is -0.456 e. The van der Waals surface area contributed by atoms with Crippen LogP contribution in [0.1, 0.15) is 0 Å². The van der Waals surface area contributed by atoms with E-state index >= 15 is 0 Å². The van der Waals surface area contributed by atoms with Crippen molar-refractivity contribution in [2.45, 2.75) is 0 Å². The van der Waals surface area contributed by atoms with Crippen LogP contribution in [0.3, 0.4) is 0 Å². The normalized spacial score (nSPS) is 11.6. The van der Waals surface area contributed by atoms with Crippen LogP contribution < -0.4 is 0 Å².